The summed E-state index contributed by atoms with van der Waals surface area (Å²) in [6.07, 6.45) is 0. The van der Waals surface area contributed by atoms with Crippen LogP contribution in [0.5, 0.6) is 0 Å². The zero-order chi connectivity index (χ0) is 14.5. The molecule has 0 spiro atoms. The number of rotatable bonds is 3. The molecule has 2 nitrogen and oxygen atoms in total. The fourth-order valence-electron chi connectivity index (χ4n) is 1.88. The Morgan fingerprint density at radius 2 is 1.30 bits per heavy atom. The minimum Gasteiger partial charge on any atom is -0.332 e. The second kappa shape index (κ2) is 6.53. The van der Waals surface area contributed by atoms with Gasteiger partial charge in [0.2, 0.25) is 0 Å². The Morgan fingerprint density at radius 3 is 1.75 bits per heavy atom. The van der Waals surface area contributed by atoms with E-state index in [1.54, 1.807) is 0 Å². The van der Waals surface area contributed by atoms with Crippen molar-refractivity contribution in [3.05, 3.63) is 59.7 Å². The molecule has 0 heterocycles. The molecule has 0 saturated carbocycles. The normalized spacial score (nSPS) is 10.4. The Morgan fingerprint density at radius 1 is 0.850 bits per heavy atom. The van der Waals surface area contributed by atoms with Crippen molar-refractivity contribution in [1.29, 1.82) is 0 Å². The minimum absolute atomic E-state index is 0.543. The molecule has 2 aromatic rings. The van der Waals surface area contributed by atoms with Gasteiger partial charge >= 0.3 is 0 Å². The first-order valence-corrected chi connectivity index (χ1v) is 7.20. The third-order valence-electron chi connectivity index (χ3n) is 3.14. The van der Waals surface area contributed by atoms with Crippen molar-refractivity contribution < 1.29 is 0 Å². The van der Waals surface area contributed by atoms with Gasteiger partial charge in [-0.3, -0.25) is 0 Å². The molecule has 104 valence electrons. The Labute approximate surface area is 126 Å². The van der Waals surface area contributed by atoms with Gasteiger partial charge in [0.05, 0.1) is 0 Å². The first kappa shape index (κ1) is 14.5. The maximum Gasteiger partial charge on any atom is 0.175 e. The van der Waals surface area contributed by atoms with E-state index in [4.69, 9.17) is 12.2 Å². The van der Waals surface area contributed by atoms with E-state index >= 15 is 0 Å². The van der Waals surface area contributed by atoms with E-state index in [1.807, 2.05) is 12.1 Å². The number of aryl methyl sites for hydroxylation is 1. The first-order chi connectivity index (χ1) is 9.54. The Bertz CT molecular complexity index is 571. The molecule has 0 aliphatic rings. The second-order valence-corrected chi connectivity index (χ2v) is 5.63. The lowest BCUT2D eigenvalue weighted by Gasteiger charge is -2.12. The Kier molecular flexibility index (Phi) is 4.74. The monoisotopic (exact) mass is 284 g/mol. The molecule has 2 N–H and O–H groups in total. The Balaban J connectivity index is 1.95. The zero-order valence-electron chi connectivity index (χ0n) is 12.1. The number of hydrogen-bond donors (Lipinski definition) is 2. The molecular weight excluding hydrogens is 264 g/mol. The van der Waals surface area contributed by atoms with Crippen molar-refractivity contribution in [3.8, 4) is 0 Å². The van der Waals surface area contributed by atoms with Crippen LogP contribution >= 0.6 is 12.2 Å². The molecule has 0 bridgehead atoms. The van der Waals surface area contributed by atoms with E-state index in [2.05, 4.69) is 67.8 Å². The summed E-state index contributed by atoms with van der Waals surface area (Å²) < 4.78 is 0. The van der Waals surface area contributed by atoms with Crippen LogP contribution in [0.3, 0.4) is 0 Å². The standard InChI is InChI=1S/C17H20N2S/c1-12(2)14-6-10-16(11-7-14)19-17(20)18-15-8-4-13(3)5-9-15/h4-12H,1-3H3,(H2,18,19,20). The van der Waals surface area contributed by atoms with Crippen LogP contribution in [0.15, 0.2) is 48.5 Å². The highest BCUT2D eigenvalue weighted by Gasteiger charge is 2.01. The topological polar surface area (TPSA) is 24.1 Å². The van der Waals surface area contributed by atoms with E-state index < -0.39 is 0 Å². The fourth-order valence-corrected chi connectivity index (χ4v) is 2.12. The third kappa shape index (κ3) is 4.07. The summed E-state index contributed by atoms with van der Waals surface area (Å²) in [4.78, 5) is 0. The van der Waals surface area contributed by atoms with Crippen LogP contribution in [0, 0.1) is 6.92 Å². The number of anilines is 2. The van der Waals surface area contributed by atoms with Crippen LogP contribution in [0.25, 0.3) is 0 Å². The quantitative estimate of drug-likeness (QED) is 0.782. The van der Waals surface area contributed by atoms with Gasteiger partial charge in [0.25, 0.3) is 0 Å². The number of thiocarbonyl (C=S) groups is 1. The number of hydrogen-bond acceptors (Lipinski definition) is 1. The van der Waals surface area contributed by atoms with Crippen molar-refractivity contribution >= 4 is 28.7 Å². The van der Waals surface area contributed by atoms with E-state index in [9.17, 15) is 0 Å². The van der Waals surface area contributed by atoms with E-state index in [-0.39, 0.29) is 0 Å². The largest absolute Gasteiger partial charge is 0.332 e. The van der Waals surface area contributed by atoms with Crippen molar-refractivity contribution in [2.45, 2.75) is 26.7 Å². The summed E-state index contributed by atoms with van der Waals surface area (Å²) in [7, 11) is 0. The molecule has 0 radical (unpaired) electrons. The molecule has 0 atom stereocenters. The summed E-state index contributed by atoms with van der Waals surface area (Å²) in [5.41, 5.74) is 4.55. The van der Waals surface area contributed by atoms with Crippen LogP contribution in [0.1, 0.15) is 30.9 Å². The van der Waals surface area contributed by atoms with Crippen LogP contribution in [-0.2, 0) is 0 Å². The molecule has 0 aliphatic heterocycles. The van der Waals surface area contributed by atoms with Crippen molar-refractivity contribution in [2.75, 3.05) is 10.6 Å². The van der Waals surface area contributed by atoms with Gasteiger partial charge in [-0.2, -0.15) is 0 Å². The van der Waals surface area contributed by atoms with Crippen LogP contribution in [0.2, 0.25) is 0 Å². The fraction of sp³-hybridized carbons (Fsp3) is 0.235. The van der Waals surface area contributed by atoms with Gasteiger partial charge in [0.15, 0.2) is 5.11 Å². The predicted molar refractivity (Wildman–Crippen MR) is 91.6 cm³/mol. The van der Waals surface area contributed by atoms with Gasteiger partial charge in [-0.25, -0.2) is 0 Å². The lowest BCUT2D eigenvalue weighted by Crippen LogP contribution is -2.18. The van der Waals surface area contributed by atoms with Gasteiger partial charge in [0.1, 0.15) is 0 Å². The lowest BCUT2D eigenvalue weighted by molar-refractivity contribution is 0.867. The van der Waals surface area contributed by atoms with Crippen molar-refractivity contribution in [2.24, 2.45) is 0 Å². The molecule has 20 heavy (non-hydrogen) atoms. The van der Waals surface area contributed by atoms with Crippen molar-refractivity contribution in [1.82, 2.24) is 0 Å². The third-order valence-corrected chi connectivity index (χ3v) is 3.35. The molecule has 0 aromatic heterocycles. The van der Waals surface area contributed by atoms with E-state index in [1.165, 1.54) is 11.1 Å². The van der Waals surface area contributed by atoms with Crippen molar-refractivity contribution in [3.63, 3.8) is 0 Å². The average Bonchev–Trinajstić information content (AvgIpc) is 2.42. The van der Waals surface area contributed by atoms with Gasteiger partial charge < -0.3 is 10.6 Å². The van der Waals surface area contributed by atoms with Crippen LogP contribution in [-0.4, -0.2) is 5.11 Å². The molecule has 0 unspecified atom stereocenters. The smallest absolute Gasteiger partial charge is 0.175 e. The second-order valence-electron chi connectivity index (χ2n) is 5.22. The Hall–Kier alpha value is -1.87. The summed E-state index contributed by atoms with van der Waals surface area (Å²) in [6.45, 7) is 6.44. The summed E-state index contributed by atoms with van der Waals surface area (Å²) >= 11 is 5.31. The van der Waals surface area contributed by atoms with E-state index in [0.29, 0.717) is 11.0 Å². The van der Waals surface area contributed by atoms with Gasteiger partial charge in [-0.1, -0.05) is 43.7 Å². The zero-order valence-corrected chi connectivity index (χ0v) is 12.9. The molecular formula is C17H20N2S. The maximum atomic E-state index is 5.31. The molecule has 3 heteroatoms. The lowest BCUT2D eigenvalue weighted by atomic mass is 10.0. The molecule has 0 fully saturated rings. The van der Waals surface area contributed by atoms with Crippen LogP contribution in [0.4, 0.5) is 11.4 Å². The van der Waals surface area contributed by atoms with Gasteiger partial charge in [-0.05, 0) is 54.9 Å². The molecule has 0 aliphatic carbocycles. The highest BCUT2D eigenvalue weighted by atomic mass is 32.1. The first-order valence-electron chi connectivity index (χ1n) is 6.79. The summed E-state index contributed by atoms with van der Waals surface area (Å²) in [6, 6.07) is 16.5. The van der Waals surface area contributed by atoms with Crippen LogP contribution < -0.4 is 10.6 Å². The number of benzene rings is 2. The summed E-state index contributed by atoms with van der Waals surface area (Å²) in [5.74, 6) is 0.543. The SMILES string of the molecule is Cc1ccc(NC(=S)Nc2ccc(C(C)C)cc2)cc1. The van der Waals surface area contributed by atoms with E-state index in [0.717, 1.165) is 11.4 Å². The molecule has 0 amide bonds. The minimum atomic E-state index is 0.543. The predicted octanol–water partition coefficient (Wildman–Crippen LogP) is 4.93. The average molecular weight is 284 g/mol. The molecule has 0 saturated heterocycles. The number of nitrogens with one attached hydrogen (secondary N) is 2. The molecule has 2 rings (SSSR count). The maximum absolute atomic E-state index is 5.31. The highest BCUT2D eigenvalue weighted by Crippen LogP contribution is 2.17. The summed E-state index contributed by atoms with van der Waals surface area (Å²) in [5, 5.41) is 6.97. The van der Waals surface area contributed by atoms with Gasteiger partial charge in [0, 0.05) is 11.4 Å². The molecule has 2 aromatic carbocycles. The highest BCUT2D eigenvalue weighted by molar-refractivity contribution is 7.80. The van der Waals surface area contributed by atoms with Gasteiger partial charge in [-0.15, -0.1) is 0 Å².